The van der Waals surface area contributed by atoms with Crippen LogP contribution in [0, 0.1) is 0 Å². The van der Waals surface area contributed by atoms with E-state index in [9.17, 15) is 9.59 Å². The molecule has 2 aromatic rings. The summed E-state index contributed by atoms with van der Waals surface area (Å²) in [7, 11) is 0. The maximum Gasteiger partial charge on any atom is 0.262 e. The second-order valence-corrected chi connectivity index (χ2v) is 7.00. The standard InChI is InChI=1S/C21H25BrN2O3/c1-3-5-11-23-21(26)16-7-6-8-17(13-16)24-20(25)14-27-19-10-9-15(4-2)12-18(19)22/h6-10,12-13H,3-5,11,14H2,1-2H3,(H,23,26)(H,24,25). The molecule has 0 aliphatic heterocycles. The molecule has 2 aromatic carbocycles. The zero-order chi connectivity index (χ0) is 19.6. The number of halogens is 1. The highest BCUT2D eigenvalue weighted by atomic mass is 79.9. The van der Waals surface area contributed by atoms with Gasteiger partial charge in [-0.3, -0.25) is 9.59 Å². The van der Waals surface area contributed by atoms with Crippen molar-refractivity contribution in [2.24, 2.45) is 0 Å². The van der Waals surface area contributed by atoms with Gasteiger partial charge in [0, 0.05) is 17.8 Å². The van der Waals surface area contributed by atoms with Gasteiger partial charge < -0.3 is 15.4 Å². The van der Waals surface area contributed by atoms with Crippen LogP contribution in [-0.4, -0.2) is 25.0 Å². The Morgan fingerprint density at radius 3 is 2.63 bits per heavy atom. The Kier molecular flexibility index (Phi) is 8.33. The quantitative estimate of drug-likeness (QED) is 0.570. The van der Waals surface area contributed by atoms with E-state index in [1.165, 1.54) is 5.56 Å². The number of hydrogen-bond donors (Lipinski definition) is 2. The first-order valence-corrected chi connectivity index (χ1v) is 9.92. The van der Waals surface area contributed by atoms with Crippen LogP contribution in [0.3, 0.4) is 0 Å². The Balaban J connectivity index is 1.90. The van der Waals surface area contributed by atoms with E-state index in [0.717, 1.165) is 23.7 Å². The summed E-state index contributed by atoms with van der Waals surface area (Å²) in [6.07, 6.45) is 2.89. The molecule has 0 unspecified atom stereocenters. The average Bonchev–Trinajstić information content (AvgIpc) is 2.67. The molecule has 0 fully saturated rings. The van der Waals surface area contributed by atoms with Gasteiger partial charge in [0.1, 0.15) is 5.75 Å². The van der Waals surface area contributed by atoms with Crippen molar-refractivity contribution in [3.05, 3.63) is 58.1 Å². The maximum atomic E-state index is 12.2. The van der Waals surface area contributed by atoms with Crippen molar-refractivity contribution < 1.29 is 14.3 Å². The number of aryl methyl sites for hydroxylation is 1. The molecule has 0 saturated carbocycles. The van der Waals surface area contributed by atoms with Crippen LogP contribution in [0.25, 0.3) is 0 Å². The highest BCUT2D eigenvalue weighted by molar-refractivity contribution is 9.10. The number of benzene rings is 2. The summed E-state index contributed by atoms with van der Waals surface area (Å²) in [4.78, 5) is 24.3. The first-order chi connectivity index (χ1) is 13.0. The van der Waals surface area contributed by atoms with Gasteiger partial charge in [-0.05, 0) is 64.7 Å². The minimum atomic E-state index is -0.287. The smallest absolute Gasteiger partial charge is 0.262 e. The molecular formula is C21H25BrN2O3. The van der Waals surface area contributed by atoms with Crippen molar-refractivity contribution in [3.63, 3.8) is 0 Å². The number of unbranched alkanes of at least 4 members (excludes halogenated alkanes) is 1. The predicted molar refractivity (Wildman–Crippen MR) is 111 cm³/mol. The lowest BCUT2D eigenvalue weighted by molar-refractivity contribution is -0.118. The van der Waals surface area contributed by atoms with E-state index in [2.05, 4.69) is 40.4 Å². The number of carbonyl (C=O) groups excluding carboxylic acids is 2. The van der Waals surface area contributed by atoms with Crippen LogP contribution >= 0.6 is 15.9 Å². The van der Waals surface area contributed by atoms with Crippen molar-refractivity contribution in [2.45, 2.75) is 33.1 Å². The second-order valence-electron chi connectivity index (χ2n) is 6.15. The van der Waals surface area contributed by atoms with Crippen LogP contribution in [0.4, 0.5) is 5.69 Å². The number of amides is 2. The lowest BCUT2D eigenvalue weighted by Gasteiger charge is -2.11. The minimum absolute atomic E-state index is 0.114. The summed E-state index contributed by atoms with van der Waals surface area (Å²) in [5, 5.41) is 5.62. The summed E-state index contributed by atoms with van der Waals surface area (Å²) >= 11 is 3.45. The molecule has 0 aliphatic rings. The van der Waals surface area contributed by atoms with E-state index in [1.807, 2.05) is 18.2 Å². The second kappa shape index (κ2) is 10.7. The number of anilines is 1. The van der Waals surface area contributed by atoms with Crippen LogP contribution in [0.2, 0.25) is 0 Å². The molecular weight excluding hydrogens is 408 g/mol. The Morgan fingerprint density at radius 1 is 1.11 bits per heavy atom. The molecule has 2 amide bonds. The summed E-state index contributed by atoms with van der Waals surface area (Å²) in [6.45, 7) is 4.68. The fraction of sp³-hybridized carbons (Fsp3) is 0.333. The van der Waals surface area contributed by atoms with Gasteiger partial charge in [0.25, 0.3) is 11.8 Å². The molecule has 0 bridgehead atoms. The SMILES string of the molecule is CCCCNC(=O)c1cccc(NC(=O)COc2ccc(CC)cc2Br)c1. The number of ether oxygens (including phenoxy) is 1. The average molecular weight is 433 g/mol. The molecule has 0 atom stereocenters. The van der Waals surface area contributed by atoms with E-state index < -0.39 is 0 Å². The lowest BCUT2D eigenvalue weighted by atomic mass is 10.2. The third-order valence-corrected chi connectivity index (χ3v) is 4.61. The molecule has 0 aliphatic carbocycles. The van der Waals surface area contributed by atoms with Crippen molar-refractivity contribution in [3.8, 4) is 5.75 Å². The number of rotatable bonds is 9. The van der Waals surface area contributed by atoms with Gasteiger partial charge in [0.05, 0.1) is 4.47 Å². The molecule has 0 heterocycles. The molecule has 0 aromatic heterocycles. The lowest BCUT2D eigenvalue weighted by Crippen LogP contribution is -2.25. The van der Waals surface area contributed by atoms with Crippen molar-refractivity contribution >= 4 is 33.4 Å². The molecule has 0 spiro atoms. The van der Waals surface area contributed by atoms with E-state index >= 15 is 0 Å². The van der Waals surface area contributed by atoms with Gasteiger partial charge in [0.2, 0.25) is 0 Å². The van der Waals surface area contributed by atoms with Gasteiger partial charge in [0.15, 0.2) is 6.61 Å². The summed E-state index contributed by atoms with van der Waals surface area (Å²) in [5.74, 6) is 0.187. The zero-order valence-electron chi connectivity index (χ0n) is 15.7. The van der Waals surface area contributed by atoms with Crippen molar-refractivity contribution in [2.75, 3.05) is 18.5 Å². The Hall–Kier alpha value is -2.34. The molecule has 144 valence electrons. The largest absolute Gasteiger partial charge is 0.483 e. The Morgan fingerprint density at radius 2 is 1.93 bits per heavy atom. The Bertz CT molecular complexity index is 793. The Labute approximate surface area is 168 Å². The van der Waals surface area contributed by atoms with Crippen molar-refractivity contribution in [1.82, 2.24) is 5.32 Å². The van der Waals surface area contributed by atoms with Gasteiger partial charge in [-0.15, -0.1) is 0 Å². The van der Waals surface area contributed by atoms with Crippen LogP contribution in [-0.2, 0) is 11.2 Å². The topological polar surface area (TPSA) is 67.4 Å². The number of nitrogens with one attached hydrogen (secondary N) is 2. The van der Waals surface area contributed by atoms with Gasteiger partial charge >= 0.3 is 0 Å². The summed E-state index contributed by atoms with van der Waals surface area (Å²) < 4.78 is 6.40. The molecule has 5 nitrogen and oxygen atoms in total. The normalized spacial score (nSPS) is 10.3. The molecule has 6 heteroatoms. The number of carbonyl (C=O) groups is 2. The van der Waals surface area contributed by atoms with E-state index in [0.29, 0.717) is 23.5 Å². The van der Waals surface area contributed by atoms with Crippen LogP contribution < -0.4 is 15.4 Å². The third kappa shape index (κ3) is 6.71. The van der Waals surface area contributed by atoms with E-state index in [1.54, 1.807) is 24.3 Å². The molecule has 0 radical (unpaired) electrons. The van der Waals surface area contributed by atoms with Gasteiger partial charge in [-0.1, -0.05) is 32.4 Å². The highest BCUT2D eigenvalue weighted by Crippen LogP contribution is 2.26. The van der Waals surface area contributed by atoms with Gasteiger partial charge in [-0.2, -0.15) is 0 Å². The predicted octanol–water partition coefficient (Wildman–Crippen LogP) is 4.56. The fourth-order valence-corrected chi connectivity index (χ4v) is 2.98. The summed E-state index contributed by atoms with van der Waals surface area (Å²) in [5.41, 5.74) is 2.27. The minimum Gasteiger partial charge on any atom is -0.483 e. The first kappa shape index (κ1) is 21.0. The zero-order valence-corrected chi connectivity index (χ0v) is 17.3. The monoisotopic (exact) mass is 432 g/mol. The first-order valence-electron chi connectivity index (χ1n) is 9.12. The van der Waals surface area contributed by atoms with Crippen LogP contribution in [0.15, 0.2) is 46.9 Å². The fourth-order valence-electron chi connectivity index (χ4n) is 2.44. The molecule has 27 heavy (non-hydrogen) atoms. The van der Waals surface area contributed by atoms with Crippen LogP contribution in [0.1, 0.15) is 42.6 Å². The van der Waals surface area contributed by atoms with Crippen LogP contribution in [0.5, 0.6) is 5.75 Å². The molecule has 2 N–H and O–H groups in total. The van der Waals surface area contributed by atoms with E-state index in [4.69, 9.17) is 4.74 Å². The number of hydrogen-bond acceptors (Lipinski definition) is 3. The van der Waals surface area contributed by atoms with Crippen molar-refractivity contribution in [1.29, 1.82) is 0 Å². The van der Waals surface area contributed by atoms with Gasteiger partial charge in [-0.25, -0.2) is 0 Å². The molecule has 0 saturated heterocycles. The maximum absolute atomic E-state index is 12.2. The van der Waals surface area contributed by atoms with E-state index in [-0.39, 0.29) is 18.4 Å². The highest BCUT2D eigenvalue weighted by Gasteiger charge is 2.09. The third-order valence-electron chi connectivity index (χ3n) is 3.99. The molecule has 2 rings (SSSR count). The summed E-state index contributed by atoms with van der Waals surface area (Å²) in [6, 6.07) is 12.7.